The Morgan fingerprint density at radius 3 is 2.34 bits per heavy atom. The summed E-state index contributed by atoms with van der Waals surface area (Å²) >= 11 is 1.45. The molecule has 0 radical (unpaired) electrons. The molecule has 1 saturated heterocycles. The zero-order valence-corrected chi connectivity index (χ0v) is 20.6. The molecule has 0 unspecified atom stereocenters. The monoisotopic (exact) mass is 496 g/mol. The number of anilines is 2. The smallest absolute Gasteiger partial charge is 0.254 e. The lowest BCUT2D eigenvalue weighted by Crippen LogP contribution is -2.48. The van der Waals surface area contributed by atoms with Gasteiger partial charge in [-0.25, -0.2) is 13.8 Å². The minimum Gasteiger partial charge on any atom is -0.364 e. The standard InChI is InChI=1S/C25H26F2N6OS/c1-25(2,3)29-21-20(16-6-4-8-18(26)14-16)28-23-33(21)30-24(35-23)32-12-10-31(11-13-32)22(34)17-7-5-9-19(27)15-17/h4-9,14-15,29H,10-13H2,1-3H3. The number of amides is 1. The van der Waals surface area contributed by atoms with Gasteiger partial charge in [0.1, 0.15) is 17.3 Å². The number of halogens is 2. The summed E-state index contributed by atoms with van der Waals surface area (Å²) in [5.41, 5.74) is 1.43. The average Bonchev–Trinajstić information content (AvgIpc) is 3.37. The van der Waals surface area contributed by atoms with Crippen molar-refractivity contribution in [2.45, 2.75) is 26.3 Å². The molecule has 1 aliphatic heterocycles. The van der Waals surface area contributed by atoms with Crippen LogP contribution in [0.2, 0.25) is 0 Å². The van der Waals surface area contributed by atoms with Crippen LogP contribution in [-0.4, -0.2) is 57.1 Å². The first-order chi connectivity index (χ1) is 16.7. The van der Waals surface area contributed by atoms with Crippen molar-refractivity contribution in [2.75, 3.05) is 36.4 Å². The lowest BCUT2D eigenvalue weighted by molar-refractivity contribution is 0.0746. The van der Waals surface area contributed by atoms with Crippen LogP contribution in [0.3, 0.4) is 0 Å². The van der Waals surface area contributed by atoms with Gasteiger partial charge < -0.3 is 15.1 Å². The third kappa shape index (κ3) is 4.84. The summed E-state index contributed by atoms with van der Waals surface area (Å²) in [5, 5.41) is 9.09. The molecule has 0 bridgehead atoms. The minimum atomic E-state index is -0.419. The SMILES string of the molecule is CC(C)(C)Nc1c(-c2cccc(F)c2)nc2sc(N3CCN(C(=O)c4cccc(F)c4)CC3)nn12. The Labute approximate surface area is 206 Å². The van der Waals surface area contributed by atoms with Gasteiger partial charge in [0, 0.05) is 42.8 Å². The summed E-state index contributed by atoms with van der Waals surface area (Å²) in [6, 6.07) is 12.2. The molecule has 0 aliphatic carbocycles. The van der Waals surface area contributed by atoms with Crippen LogP contribution in [0.5, 0.6) is 0 Å². The summed E-state index contributed by atoms with van der Waals surface area (Å²) in [6.07, 6.45) is 0. The van der Waals surface area contributed by atoms with E-state index in [9.17, 15) is 13.6 Å². The van der Waals surface area contributed by atoms with E-state index in [1.807, 2.05) is 26.8 Å². The fraction of sp³-hybridized carbons (Fsp3) is 0.320. The van der Waals surface area contributed by atoms with Gasteiger partial charge in [-0.2, -0.15) is 4.52 Å². The Morgan fingerprint density at radius 2 is 1.69 bits per heavy atom. The Morgan fingerprint density at radius 1 is 1.00 bits per heavy atom. The molecule has 0 spiro atoms. The average molecular weight is 497 g/mol. The quantitative estimate of drug-likeness (QED) is 0.435. The highest BCUT2D eigenvalue weighted by molar-refractivity contribution is 7.20. The second kappa shape index (κ2) is 8.92. The van der Waals surface area contributed by atoms with Gasteiger partial charge >= 0.3 is 0 Å². The van der Waals surface area contributed by atoms with Crippen LogP contribution in [-0.2, 0) is 0 Å². The number of nitrogens with one attached hydrogen (secondary N) is 1. The van der Waals surface area contributed by atoms with Crippen molar-refractivity contribution in [3.05, 3.63) is 65.7 Å². The Kier molecular flexibility index (Phi) is 5.92. The molecule has 7 nitrogen and oxygen atoms in total. The minimum absolute atomic E-state index is 0.172. The predicted molar refractivity (Wildman–Crippen MR) is 134 cm³/mol. The van der Waals surface area contributed by atoms with E-state index >= 15 is 0 Å². The van der Waals surface area contributed by atoms with Gasteiger partial charge in [0.15, 0.2) is 5.82 Å². The van der Waals surface area contributed by atoms with Gasteiger partial charge in [0.25, 0.3) is 5.91 Å². The lowest BCUT2D eigenvalue weighted by Gasteiger charge is -2.34. The summed E-state index contributed by atoms with van der Waals surface area (Å²) in [6.45, 7) is 8.38. The molecule has 5 rings (SSSR count). The van der Waals surface area contributed by atoms with Crippen LogP contribution >= 0.6 is 11.3 Å². The highest BCUT2D eigenvalue weighted by Crippen LogP contribution is 2.35. The fourth-order valence-corrected chi connectivity index (χ4v) is 5.03. The van der Waals surface area contributed by atoms with Crippen LogP contribution in [0.1, 0.15) is 31.1 Å². The second-order valence-corrected chi connectivity index (χ2v) is 10.5. The highest BCUT2D eigenvalue weighted by atomic mass is 32.1. The van der Waals surface area contributed by atoms with Crippen molar-refractivity contribution in [1.82, 2.24) is 19.5 Å². The molecule has 182 valence electrons. The van der Waals surface area contributed by atoms with Gasteiger partial charge in [-0.1, -0.05) is 29.5 Å². The van der Waals surface area contributed by atoms with E-state index in [1.165, 1.54) is 35.6 Å². The maximum absolute atomic E-state index is 13.9. The van der Waals surface area contributed by atoms with E-state index in [0.29, 0.717) is 53.8 Å². The van der Waals surface area contributed by atoms with Gasteiger partial charge in [-0.3, -0.25) is 4.79 Å². The Bertz CT molecular complexity index is 1380. The molecule has 10 heteroatoms. The topological polar surface area (TPSA) is 65.8 Å². The van der Waals surface area contributed by atoms with E-state index in [-0.39, 0.29) is 17.3 Å². The number of fused-ring (bicyclic) bond motifs is 1. The maximum Gasteiger partial charge on any atom is 0.254 e. The number of hydrogen-bond acceptors (Lipinski definition) is 6. The summed E-state index contributed by atoms with van der Waals surface area (Å²) in [5.74, 6) is -0.201. The molecule has 1 amide bonds. The first kappa shape index (κ1) is 23.2. The van der Waals surface area contributed by atoms with Crippen LogP contribution < -0.4 is 10.2 Å². The number of hydrogen-bond donors (Lipinski definition) is 1. The molecule has 1 N–H and O–H groups in total. The molecule has 2 aromatic heterocycles. The normalized spacial score (nSPS) is 14.5. The molecule has 3 heterocycles. The third-order valence-electron chi connectivity index (χ3n) is 5.69. The number of carbonyl (C=O) groups excluding carboxylic acids is 1. The van der Waals surface area contributed by atoms with Gasteiger partial charge in [0.05, 0.1) is 0 Å². The zero-order valence-electron chi connectivity index (χ0n) is 19.8. The molecule has 2 aromatic carbocycles. The molecule has 1 fully saturated rings. The fourth-order valence-electron chi connectivity index (χ4n) is 4.08. The van der Waals surface area contributed by atoms with Crippen LogP contribution in [0.15, 0.2) is 48.5 Å². The van der Waals surface area contributed by atoms with Crippen molar-refractivity contribution in [3.8, 4) is 11.3 Å². The van der Waals surface area contributed by atoms with Crippen molar-refractivity contribution < 1.29 is 13.6 Å². The van der Waals surface area contributed by atoms with E-state index in [2.05, 4.69) is 10.2 Å². The first-order valence-corrected chi connectivity index (χ1v) is 12.2. The number of benzene rings is 2. The first-order valence-electron chi connectivity index (χ1n) is 11.4. The Hall–Kier alpha value is -3.53. The molecule has 4 aromatic rings. The summed E-state index contributed by atoms with van der Waals surface area (Å²) in [7, 11) is 0. The van der Waals surface area contributed by atoms with Crippen molar-refractivity contribution in [2.24, 2.45) is 0 Å². The summed E-state index contributed by atoms with van der Waals surface area (Å²) in [4.78, 5) is 22.1. The van der Waals surface area contributed by atoms with Crippen molar-refractivity contribution in [1.29, 1.82) is 0 Å². The number of aromatic nitrogens is 3. The van der Waals surface area contributed by atoms with Crippen LogP contribution in [0.25, 0.3) is 16.2 Å². The number of carbonyl (C=O) groups is 1. The maximum atomic E-state index is 13.9. The van der Waals surface area contributed by atoms with Gasteiger partial charge in [-0.05, 0) is 51.1 Å². The predicted octanol–water partition coefficient (Wildman–Crippen LogP) is 4.91. The molecular weight excluding hydrogens is 470 g/mol. The van der Waals surface area contributed by atoms with E-state index in [1.54, 1.807) is 27.6 Å². The van der Waals surface area contributed by atoms with E-state index in [4.69, 9.17) is 10.1 Å². The largest absolute Gasteiger partial charge is 0.364 e. The van der Waals surface area contributed by atoms with E-state index < -0.39 is 5.82 Å². The number of piperazine rings is 1. The number of rotatable bonds is 4. The molecular formula is C25H26F2N6OS. The van der Waals surface area contributed by atoms with Gasteiger partial charge in [-0.15, -0.1) is 5.10 Å². The molecule has 0 saturated carbocycles. The van der Waals surface area contributed by atoms with E-state index in [0.717, 1.165) is 5.13 Å². The number of imidazole rings is 1. The van der Waals surface area contributed by atoms with Crippen LogP contribution in [0, 0.1) is 11.6 Å². The second-order valence-electron chi connectivity index (χ2n) is 9.56. The Balaban J connectivity index is 1.39. The molecule has 1 aliphatic rings. The summed E-state index contributed by atoms with van der Waals surface area (Å²) < 4.78 is 29.2. The highest BCUT2D eigenvalue weighted by Gasteiger charge is 2.27. The lowest BCUT2D eigenvalue weighted by atomic mass is 10.1. The van der Waals surface area contributed by atoms with Crippen molar-refractivity contribution >= 4 is 33.2 Å². The van der Waals surface area contributed by atoms with Crippen molar-refractivity contribution in [3.63, 3.8) is 0 Å². The van der Waals surface area contributed by atoms with Crippen LogP contribution in [0.4, 0.5) is 19.7 Å². The molecule has 35 heavy (non-hydrogen) atoms. The number of nitrogens with zero attached hydrogens (tertiary/aromatic N) is 5. The third-order valence-corrected chi connectivity index (χ3v) is 6.66. The zero-order chi connectivity index (χ0) is 24.7. The van der Waals surface area contributed by atoms with Gasteiger partial charge in [0.2, 0.25) is 10.1 Å². The molecule has 0 atom stereocenters.